The van der Waals surface area contributed by atoms with Gasteiger partial charge in [-0.3, -0.25) is 10.1 Å². The molecule has 2 aromatic heterocycles. The minimum Gasteiger partial charge on any atom is -0.444 e. The van der Waals surface area contributed by atoms with Crippen LogP contribution < -0.4 is 10.6 Å². The molecule has 0 aliphatic rings. The molecule has 0 aliphatic carbocycles. The Balaban J connectivity index is 2.28. The molecule has 20 heavy (non-hydrogen) atoms. The maximum atomic E-state index is 11.1. The van der Waals surface area contributed by atoms with Gasteiger partial charge in [0.25, 0.3) is 0 Å². The van der Waals surface area contributed by atoms with Gasteiger partial charge in [-0.25, -0.2) is 9.97 Å². The van der Waals surface area contributed by atoms with Gasteiger partial charge in [0.2, 0.25) is 17.7 Å². The molecule has 2 heterocycles. The van der Waals surface area contributed by atoms with Crippen molar-refractivity contribution in [2.75, 3.05) is 17.7 Å². The third-order valence-corrected chi connectivity index (χ3v) is 2.54. The van der Waals surface area contributed by atoms with Crippen molar-refractivity contribution in [3.63, 3.8) is 0 Å². The lowest BCUT2D eigenvalue weighted by Gasteiger charge is -2.08. The zero-order valence-electron chi connectivity index (χ0n) is 11.3. The fourth-order valence-corrected chi connectivity index (χ4v) is 1.66. The van der Waals surface area contributed by atoms with Crippen LogP contribution in [0.5, 0.6) is 0 Å². The highest BCUT2D eigenvalue weighted by Crippen LogP contribution is 2.26. The summed E-state index contributed by atoms with van der Waals surface area (Å²) in [5, 5.41) is 16.7. The zero-order valence-corrected chi connectivity index (χ0v) is 11.3. The van der Waals surface area contributed by atoms with Crippen molar-refractivity contribution in [1.29, 1.82) is 0 Å². The Morgan fingerprint density at radius 2 is 2.15 bits per heavy atom. The minimum atomic E-state index is -0.516. The summed E-state index contributed by atoms with van der Waals surface area (Å²) >= 11 is 0. The first-order chi connectivity index (χ1) is 9.51. The van der Waals surface area contributed by atoms with Gasteiger partial charge in [-0.05, 0) is 13.8 Å². The number of hydrogen-bond acceptors (Lipinski definition) is 8. The average molecular weight is 278 g/mol. The van der Waals surface area contributed by atoms with E-state index in [1.54, 1.807) is 27.1 Å². The lowest BCUT2D eigenvalue weighted by molar-refractivity contribution is -0.385. The molecule has 0 radical (unpaired) electrons. The van der Waals surface area contributed by atoms with Gasteiger partial charge in [-0.15, -0.1) is 0 Å². The summed E-state index contributed by atoms with van der Waals surface area (Å²) in [4.78, 5) is 22.6. The number of rotatable bonds is 5. The van der Waals surface area contributed by atoms with Crippen molar-refractivity contribution in [3.05, 3.63) is 33.7 Å². The molecule has 2 aromatic rings. The maximum absolute atomic E-state index is 11.1. The van der Waals surface area contributed by atoms with Crippen LogP contribution in [0, 0.1) is 24.0 Å². The van der Waals surface area contributed by atoms with Gasteiger partial charge < -0.3 is 15.1 Å². The number of nitro groups is 1. The molecule has 0 atom stereocenters. The van der Waals surface area contributed by atoms with Crippen molar-refractivity contribution in [3.8, 4) is 0 Å². The van der Waals surface area contributed by atoms with E-state index >= 15 is 0 Å². The Hall–Kier alpha value is -2.71. The molecule has 0 saturated carbocycles. The summed E-state index contributed by atoms with van der Waals surface area (Å²) < 4.78 is 5.29. The van der Waals surface area contributed by atoms with E-state index in [4.69, 9.17) is 4.42 Å². The lowest BCUT2D eigenvalue weighted by Crippen LogP contribution is -2.09. The van der Waals surface area contributed by atoms with Crippen LogP contribution in [0.4, 0.5) is 17.5 Å². The van der Waals surface area contributed by atoms with Crippen LogP contribution in [0.2, 0.25) is 0 Å². The number of aryl methyl sites for hydroxylation is 2. The molecule has 0 bridgehead atoms. The molecule has 0 saturated heterocycles. The molecule has 106 valence electrons. The predicted octanol–water partition coefficient (Wildman–Crippen LogP) is 1.64. The van der Waals surface area contributed by atoms with E-state index in [0.29, 0.717) is 17.6 Å². The van der Waals surface area contributed by atoms with Crippen LogP contribution in [0.25, 0.3) is 0 Å². The first kappa shape index (κ1) is 13.7. The molecule has 0 aromatic carbocycles. The summed E-state index contributed by atoms with van der Waals surface area (Å²) in [5.41, 5.74) is 0.118. The second-order valence-corrected chi connectivity index (χ2v) is 4.06. The van der Waals surface area contributed by atoms with Gasteiger partial charge in [0.15, 0.2) is 0 Å². The third-order valence-electron chi connectivity index (χ3n) is 2.54. The molecular weight excluding hydrogens is 264 g/mol. The Bertz CT molecular complexity index is 639. The van der Waals surface area contributed by atoms with Crippen molar-refractivity contribution in [2.24, 2.45) is 0 Å². The third kappa shape index (κ3) is 2.82. The van der Waals surface area contributed by atoms with Gasteiger partial charge in [-0.1, -0.05) is 0 Å². The van der Waals surface area contributed by atoms with Gasteiger partial charge in [0, 0.05) is 7.05 Å². The summed E-state index contributed by atoms with van der Waals surface area (Å²) in [7, 11) is 1.64. The van der Waals surface area contributed by atoms with Gasteiger partial charge in [0.05, 0.1) is 17.7 Å². The van der Waals surface area contributed by atoms with E-state index in [2.05, 4.69) is 25.6 Å². The molecule has 2 rings (SSSR count). The van der Waals surface area contributed by atoms with Crippen LogP contribution in [-0.2, 0) is 6.54 Å². The number of oxazole rings is 1. The minimum absolute atomic E-state index is 0.128. The highest BCUT2D eigenvalue weighted by molar-refractivity contribution is 5.60. The second kappa shape index (κ2) is 5.51. The largest absolute Gasteiger partial charge is 0.444 e. The Morgan fingerprint density at radius 1 is 1.40 bits per heavy atom. The predicted molar refractivity (Wildman–Crippen MR) is 71.5 cm³/mol. The van der Waals surface area contributed by atoms with Gasteiger partial charge in [-0.2, -0.15) is 4.98 Å². The molecule has 0 spiro atoms. The SMILES string of the molecule is CNc1nc(C)c([N+](=O)[O-])c(NCc2ncc(C)o2)n1. The van der Waals surface area contributed by atoms with Gasteiger partial charge in [0.1, 0.15) is 11.5 Å². The first-order valence-electron chi connectivity index (χ1n) is 5.87. The Kier molecular flexibility index (Phi) is 3.78. The molecule has 0 fully saturated rings. The van der Waals surface area contributed by atoms with Crippen LogP contribution >= 0.6 is 0 Å². The summed E-state index contributed by atoms with van der Waals surface area (Å²) in [5.74, 6) is 1.53. The lowest BCUT2D eigenvalue weighted by atomic mass is 10.3. The Labute approximate surface area is 114 Å². The monoisotopic (exact) mass is 278 g/mol. The van der Waals surface area contributed by atoms with Crippen LogP contribution in [0.15, 0.2) is 10.6 Å². The van der Waals surface area contributed by atoms with Crippen molar-refractivity contribution < 1.29 is 9.34 Å². The smallest absolute Gasteiger partial charge is 0.332 e. The first-order valence-corrected chi connectivity index (χ1v) is 5.87. The molecule has 2 N–H and O–H groups in total. The topological polar surface area (TPSA) is 119 Å². The number of hydrogen-bond donors (Lipinski definition) is 2. The van der Waals surface area contributed by atoms with Crippen LogP contribution in [-0.4, -0.2) is 26.9 Å². The molecule has 9 nitrogen and oxygen atoms in total. The standard InChI is InChI=1S/C11H14N6O3/c1-6-4-13-8(20-6)5-14-10-9(17(18)19)7(2)15-11(12-3)16-10/h4H,5H2,1-3H3,(H2,12,14,15,16). The molecule has 9 heteroatoms. The van der Waals surface area contributed by atoms with Crippen molar-refractivity contribution in [2.45, 2.75) is 20.4 Å². The van der Waals surface area contributed by atoms with E-state index in [0.717, 1.165) is 0 Å². The number of aromatic nitrogens is 3. The van der Waals surface area contributed by atoms with Crippen molar-refractivity contribution in [1.82, 2.24) is 15.0 Å². The molecule has 0 unspecified atom stereocenters. The fraction of sp³-hybridized carbons (Fsp3) is 0.364. The summed E-state index contributed by atoms with van der Waals surface area (Å²) in [6, 6.07) is 0. The number of nitrogens with one attached hydrogen (secondary N) is 2. The molecule has 0 amide bonds. The van der Waals surface area contributed by atoms with E-state index in [1.807, 2.05) is 0 Å². The summed E-state index contributed by atoms with van der Waals surface area (Å²) in [6.45, 7) is 3.53. The Morgan fingerprint density at radius 3 is 2.70 bits per heavy atom. The quantitative estimate of drug-likeness (QED) is 0.625. The normalized spacial score (nSPS) is 10.3. The highest BCUT2D eigenvalue weighted by atomic mass is 16.6. The van der Waals surface area contributed by atoms with E-state index in [9.17, 15) is 10.1 Å². The zero-order chi connectivity index (χ0) is 14.7. The number of anilines is 2. The second-order valence-electron chi connectivity index (χ2n) is 4.06. The molecular formula is C11H14N6O3. The molecule has 0 aliphatic heterocycles. The fourth-order valence-electron chi connectivity index (χ4n) is 1.66. The van der Waals surface area contributed by atoms with Crippen LogP contribution in [0.3, 0.4) is 0 Å². The van der Waals surface area contributed by atoms with E-state index in [-0.39, 0.29) is 23.7 Å². The highest BCUT2D eigenvalue weighted by Gasteiger charge is 2.22. The average Bonchev–Trinajstić information content (AvgIpc) is 2.81. The van der Waals surface area contributed by atoms with E-state index in [1.165, 1.54) is 0 Å². The van der Waals surface area contributed by atoms with Crippen molar-refractivity contribution >= 4 is 17.5 Å². The van der Waals surface area contributed by atoms with Crippen LogP contribution in [0.1, 0.15) is 17.3 Å². The maximum Gasteiger partial charge on any atom is 0.332 e. The van der Waals surface area contributed by atoms with Gasteiger partial charge >= 0.3 is 5.69 Å². The number of nitrogens with zero attached hydrogens (tertiary/aromatic N) is 4. The van der Waals surface area contributed by atoms with E-state index < -0.39 is 4.92 Å². The summed E-state index contributed by atoms with van der Waals surface area (Å²) in [6.07, 6.45) is 1.58.